The maximum atomic E-state index is 14.1. The molecule has 0 saturated carbocycles. The number of hydrogen-bond donors (Lipinski definition) is 1. The molecule has 0 spiro atoms. The van der Waals surface area contributed by atoms with Gasteiger partial charge in [0.25, 0.3) is 5.91 Å². The molecule has 1 heterocycles. The summed E-state index contributed by atoms with van der Waals surface area (Å²) in [7, 11) is 1.44. The molecule has 0 bridgehead atoms. The van der Waals surface area contributed by atoms with Gasteiger partial charge < -0.3 is 14.8 Å². The van der Waals surface area contributed by atoms with Gasteiger partial charge in [0, 0.05) is 16.8 Å². The predicted molar refractivity (Wildman–Crippen MR) is 97.1 cm³/mol. The van der Waals surface area contributed by atoms with Crippen molar-refractivity contribution < 1.29 is 18.7 Å². The van der Waals surface area contributed by atoms with E-state index in [1.165, 1.54) is 24.5 Å². The Hall–Kier alpha value is -2.60. The fourth-order valence-corrected chi connectivity index (χ4v) is 3.73. The summed E-state index contributed by atoms with van der Waals surface area (Å²) in [6.07, 6.45) is 0. The number of carbonyl (C=O) groups excluding carboxylic acids is 1. The highest BCUT2D eigenvalue weighted by molar-refractivity contribution is 7.21. The Bertz CT molecular complexity index is 907. The molecule has 0 aliphatic carbocycles. The van der Waals surface area contributed by atoms with Gasteiger partial charge >= 0.3 is 0 Å². The van der Waals surface area contributed by atoms with Gasteiger partial charge in [-0.25, -0.2) is 4.39 Å². The van der Waals surface area contributed by atoms with Gasteiger partial charge in [0.15, 0.2) is 5.75 Å². The van der Waals surface area contributed by atoms with Gasteiger partial charge in [-0.1, -0.05) is 24.3 Å². The Morgan fingerprint density at radius 1 is 1.20 bits per heavy atom. The van der Waals surface area contributed by atoms with Gasteiger partial charge in [0.2, 0.25) is 0 Å². The summed E-state index contributed by atoms with van der Waals surface area (Å²) in [5.74, 6) is 0.309. The lowest BCUT2D eigenvalue weighted by molar-refractivity contribution is 0.0952. The summed E-state index contributed by atoms with van der Waals surface area (Å²) in [4.78, 5) is 13.0. The molecule has 4 nitrogen and oxygen atoms in total. The third-order valence-electron chi connectivity index (χ3n) is 3.74. The summed E-state index contributed by atoms with van der Waals surface area (Å²) in [5.41, 5.74) is 0.879. The van der Waals surface area contributed by atoms with Gasteiger partial charge in [-0.05, 0) is 25.1 Å². The van der Waals surface area contributed by atoms with Crippen LogP contribution in [0.1, 0.15) is 22.2 Å². The van der Waals surface area contributed by atoms with Gasteiger partial charge in [-0.3, -0.25) is 4.79 Å². The highest BCUT2D eigenvalue weighted by atomic mass is 32.1. The number of para-hydroxylation sites is 1. The number of thiophene rings is 1. The van der Waals surface area contributed by atoms with Crippen LogP contribution in [0.3, 0.4) is 0 Å². The van der Waals surface area contributed by atoms with Crippen molar-refractivity contribution in [2.24, 2.45) is 0 Å². The molecule has 2 aromatic carbocycles. The number of carbonyl (C=O) groups is 1. The molecule has 6 heteroatoms. The first kappa shape index (κ1) is 17.2. The number of hydrogen-bond acceptors (Lipinski definition) is 4. The van der Waals surface area contributed by atoms with E-state index in [9.17, 15) is 9.18 Å². The fraction of sp³-hybridized carbons (Fsp3) is 0.211. The lowest BCUT2D eigenvalue weighted by Gasteiger charge is -2.11. The van der Waals surface area contributed by atoms with E-state index in [0.717, 1.165) is 11.3 Å². The molecule has 0 aliphatic rings. The van der Waals surface area contributed by atoms with Gasteiger partial charge in [0.1, 0.15) is 16.4 Å². The van der Waals surface area contributed by atoms with Crippen LogP contribution < -0.4 is 14.8 Å². The second-order valence-corrected chi connectivity index (χ2v) is 6.35. The Balaban J connectivity index is 1.85. The molecular weight excluding hydrogens is 341 g/mol. The Kier molecular flexibility index (Phi) is 5.19. The van der Waals surface area contributed by atoms with Crippen LogP contribution in [0.25, 0.3) is 10.1 Å². The zero-order chi connectivity index (χ0) is 17.8. The second-order valence-electron chi connectivity index (χ2n) is 5.30. The van der Waals surface area contributed by atoms with E-state index in [1.54, 1.807) is 12.1 Å². The minimum Gasteiger partial charge on any atom is -0.494 e. The molecule has 0 atom stereocenters. The number of nitrogens with one attached hydrogen (secondary N) is 1. The summed E-state index contributed by atoms with van der Waals surface area (Å²) < 4.78 is 25.6. The van der Waals surface area contributed by atoms with Crippen molar-refractivity contribution in [3.05, 3.63) is 58.7 Å². The minimum absolute atomic E-state index is 0.272. The first-order valence-electron chi connectivity index (χ1n) is 7.89. The van der Waals surface area contributed by atoms with Crippen LogP contribution in [0.15, 0.2) is 42.5 Å². The number of ether oxygens (including phenoxy) is 2. The van der Waals surface area contributed by atoms with Crippen molar-refractivity contribution in [1.82, 2.24) is 5.32 Å². The topological polar surface area (TPSA) is 47.6 Å². The van der Waals surface area contributed by atoms with Crippen LogP contribution in [-0.2, 0) is 6.54 Å². The SMILES string of the molecule is CCOc1ccccc1CNC(=O)c1sc2cccc(F)c2c1OC. The summed E-state index contributed by atoms with van der Waals surface area (Å²) >= 11 is 1.21. The highest BCUT2D eigenvalue weighted by Gasteiger charge is 2.21. The predicted octanol–water partition coefficient (Wildman–Crippen LogP) is 4.38. The first-order valence-corrected chi connectivity index (χ1v) is 8.71. The molecule has 1 aromatic heterocycles. The van der Waals surface area contributed by atoms with Crippen LogP contribution in [0.4, 0.5) is 4.39 Å². The van der Waals surface area contributed by atoms with Gasteiger partial charge in [0.05, 0.1) is 19.1 Å². The number of rotatable bonds is 6. The Labute approximate surface area is 149 Å². The van der Waals surface area contributed by atoms with Crippen molar-refractivity contribution >= 4 is 27.3 Å². The molecule has 0 saturated heterocycles. The monoisotopic (exact) mass is 359 g/mol. The molecule has 0 unspecified atom stereocenters. The molecule has 0 radical (unpaired) electrons. The summed E-state index contributed by atoms with van der Waals surface area (Å²) in [6.45, 7) is 2.77. The van der Waals surface area contributed by atoms with Crippen molar-refractivity contribution in [2.75, 3.05) is 13.7 Å². The highest BCUT2D eigenvalue weighted by Crippen LogP contribution is 2.39. The van der Waals surface area contributed by atoms with E-state index in [2.05, 4.69) is 5.32 Å². The molecule has 0 fully saturated rings. The van der Waals surface area contributed by atoms with E-state index in [0.29, 0.717) is 28.1 Å². The largest absolute Gasteiger partial charge is 0.494 e. The van der Waals surface area contributed by atoms with Crippen LogP contribution in [0.2, 0.25) is 0 Å². The second kappa shape index (κ2) is 7.53. The summed E-state index contributed by atoms with van der Waals surface area (Å²) in [5, 5.41) is 3.20. The smallest absolute Gasteiger partial charge is 0.265 e. The molecule has 1 N–H and O–H groups in total. The van der Waals surface area contributed by atoms with E-state index >= 15 is 0 Å². The van der Waals surface area contributed by atoms with Crippen molar-refractivity contribution in [3.63, 3.8) is 0 Å². The molecule has 3 aromatic rings. The normalized spacial score (nSPS) is 10.7. The van der Waals surface area contributed by atoms with Gasteiger partial charge in [-0.2, -0.15) is 0 Å². The number of fused-ring (bicyclic) bond motifs is 1. The molecule has 0 aliphatic heterocycles. The first-order chi connectivity index (χ1) is 12.2. The third kappa shape index (κ3) is 3.44. The lowest BCUT2D eigenvalue weighted by atomic mass is 10.2. The van der Waals surface area contributed by atoms with E-state index in [1.807, 2.05) is 31.2 Å². The van der Waals surface area contributed by atoms with E-state index in [-0.39, 0.29) is 11.7 Å². The van der Waals surface area contributed by atoms with Crippen molar-refractivity contribution in [2.45, 2.75) is 13.5 Å². The molecule has 1 amide bonds. The molecule has 25 heavy (non-hydrogen) atoms. The van der Waals surface area contributed by atoms with Crippen LogP contribution in [0, 0.1) is 5.82 Å². The van der Waals surface area contributed by atoms with Gasteiger partial charge in [-0.15, -0.1) is 11.3 Å². The molecule has 3 rings (SSSR count). The van der Waals surface area contributed by atoms with Crippen molar-refractivity contribution in [1.29, 1.82) is 0 Å². The number of halogens is 1. The zero-order valence-corrected chi connectivity index (χ0v) is 14.8. The quantitative estimate of drug-likeness (QED) is 0.711. The molecular formula is C19H18FNO3S. The Morgan fingerprint density at radius 3 is 2.76 bits per heavy atom. The van der Waals surface area contributed by atoms with Crippen LogP contribution in [0.5, 0.6) is 11.5 Å². The number of benzene rings is 2. The van der Waals surface area contributed by atoms with Crippen molar-refractivity contribution in [3.8, 4) is 11.5 Å². The Morgan fingerprint density at radius 2 is 2.00 bits per heavy atom. The number of methoxy groups -OCH3 is 1. The average Bonchev–Trinajstić information content (AvgIpc) is 3.01. The maximum absolute atomic E-state index is 14.1. The zero-order valence-electron chi connectivity index (χ0n) is 14.0. The van der Waals surface area contributed by atoms with E-state index in [4.69, 9.17) is 9.47 Å². The third-order valence-corrected chi connectivity index (χ3v) is 4.88. The average molecular weight is 359 g/mol. The van der Waals surface area contributed by atoms with Crippen LogP contribution >= 0.6 is 11.3 Å². The minimum atomic E-state index is -0.397. The standard InChI is InChI=1S/C19H18FNO3S/c1-3-24-14-9-5-4-7-12(14)11-21-19(22)18-17(23-2)16-13(20)8-6-10-15(16)25-18/h4-10H,3,11H2,1-2H3,(H,21,22). The number of amides is 1. The van der Waals surface area contributed by atoms with E-state index < -0.39 is 5.82 Å². The fourth-order valence-electron chi connectivity index (χ4n) is 2.63. The van der Waals surface area contributed by atoms with Crippen LogP contribution in [-0.4, -0.2) is 19.6 Å². The summed E-state index contributed by atoms with van der Waals surface area (Å²) in [6, 6.07) is 12.3. The lowest BCUT2D eigenvalue weighted by Crippen LogP contribution is -2.22. The maximum Gasteiger partial charge on any atom is 0.265 e. The molecule has 130 valence electrons.